The zero-order valence-corrected chi connectivity index (χ0v) is 23.9. The van der Waals surface area contributed by atoms with E-state index in [1.807, 2.05) is 73.1 Å². The summed E-state index contributed by atoms with van der Waals surface area (Å²) >= 11 is 0. The molecule has 0 spiro atoms. The number of aliphatic hydroxyl groups excluding tert-OH is 1. The van der Waals surface area contributed by atoms with E-state index in [0.717, 1.165) is 52.7 Å². The van der Waals surface area contributed by atoms with Gasteiger partial charge in [0.05, 0.1) is 42.7 Å². The summed E-state index contributed by atoms with van der Waals surface area (Å²) in [4.78, 5) is 27.9. The Kier molecular flexibility index (Phi) is 9.97. The molecule has 1 fully saturated rings. The van der Waals surface area contributed by atoms with E-state index in [1.54, 1.807) is 0 Å². The molecule has 1 aliphatic rings. The average molecular weight is 571 g/mol. The number of amides is 2. The van der Waals surface area contributed by atoms with E-state index in [9.17, 15) is 14.7 Å². The second-order valence-electron chi connectivity index (χ2n) is 10.7. The Labute approximate surface area is 245 Å². The van der Waals surface area contributed by atoms with E-state index in [4.69, 9.17) is 9.47 Å². The highest BCUT2D eigenvalue weighted by Crippen LogP contribution is 2.39. The van der Waals surface area contributed by atoms with E-state index < -0.39 is 6.29 Å². The second-order valence-corrected chi connectivity index (χ2v) is 10.7. The van der Waals surface area contributed by atoms with E-state index in [2.05, 4.69) is 26.3 Å². The lowest BCUT2D eigenvalue weighted by molar-refractivity contribution is -0.252. The van der Waals surface area contributed by atoms with Gasteiger partial charge in [-0.2, -0.15) is 0 Å². The van der Waals surface area contributed by atoms with Gasteiger partial charge in [-0.05, 0) is 48.2 Å². The minimum Gasteiger partial charge on any atom is -0.392 e. The average Bonchev–Trinajstić information content (AvgIpc) is 3.41. The standard InChI is InChI=1S/C33H38N4O5/c1-23(39)34-18-6-2-3-9-32(40)36-27-16-14-26(15-17-27)33-41-28(20-37-22-35-29-7-4-5-8-30(29)37)19-31(42-33)25-12-10-24(21-38)11-13-25/h4-5,7-8,10-17,22,28,31,33,38H,2-3,6,9,18-21H2,1H3,(H,34,39)(H,36,40)/t28-,31+,33+/m1/s1. The maximum absolute atomic E-state index is 12.4. The van der Waals surface area contributed by atoms with Crippen LogP contribution in [0.3, 0.4) is 0 Å². The van der Waals surface area contributed by atoms with Gasteiger partial charge in [0.2, 0.25) is 11.8 Å². The molecule has 42 heavy (non-hydrogen) atoms. The third-order valence-corrected chi connectivity index (χ3v) is 7.46. The highest BCUT2D eigenvalue weighted by atomic mass is 16.7. The molecule has 1 saturated heterocycles. The quantitative estimate of drug-likeness (QED) is 0.196. The summed E-state index contributed by atoms with van der Waals surface area (Å²) < 4.78 is 15.1. The molecule has 9 heteroatoms. The Morgan fingerprint density at radius 1 is 0.952 bits per heavy atom. The number of rotatable bonds is 12. The molecular weight excluding hydrogens is 532 g/mol. The zero-order valence-electron chi connectivity index (χ0n) is 23.9. The minimum atomic E-state index is -0.589. The van der Waals surface area contributed by atoms with Gasteiger partial charge in [0.25, 0.3) is 0 Å². The molecule has 0 saturated carbocycles. The van der Waals surface area contributed by atoms with Gasteiger partial charge in [-0.15, -0.1) is 0 Å². The molecule has 3 atom stereocenters. The summed E-state index contributed by atoms with van der Waals surface area (Å²) in [6.07, 6.45) is 4.53. The summed E-state index contributed by atoms with van der Waals surface area (Å²) in [7, 11) is 0. The molecule has 5 rings (SSSR count). The smallest absolute Gasteiger partial charge is 0.224 e. The molecule has 1 aliphatic heterocycles. The molecule has 1 aromatic heterocycles. The van der Waals surface area contributed by atoms with Crippen molar-refractivity contribution in [2.45, 2.75) is 70.7 Å². The monoisotopic (exact) mass is 570 g/mol. The first kappa shape index (κ1) is 29.4. The van der Waals surface area contributed by atoms with Crippen molar-refractivity contribution in [2.24, 2.45) is 0 Å². The molecule has 3 N–H and O–H groups in total. The van der Waals surface area contributed by atoms with Crippen LogP contribution in [0.1, 0.15) is 68.1 Å². The molecule has 9 nitrogen and oxygen atoms in total. The molecular formula is C33H38N4O5. The molecule has 2 heterocycles. The number of unbranched alkanes of at least 4 members (excludes halogenated alkanes) is 2. The number of imidazole rings is 1. The third kappa shape index (κ3) is 7.82. The van der Waals surface area contributed by atoms with Crippen molar-refractivity contribution in [3.8, 4) is 0 Å². The normalized spacial score (nSPS) is 18.6. The predicted octanol–water partition coefficient (Wildman–Crippen LogP) is 5.41. The first-order chi connectivity index (χ1) is 20.5. The van der Waals surface area contributed by atoms with Crippen LogP contribution in [0.25, 0.3) is 11.0 Å². The summed E-state index contributed by atoms with van der Waals surface area (Å²) in [6, 6.07) is 23.5. The van der Waals surface area contributed by atoms with E-state index in [-0.39, 0.29) is 30.6 Å². The number of hydrogen-bond donors (Lipinski definition) is 3. The number of ether oxygens (including phenoxy) is 2. The molecule has 0 radical (unpaired) electrons. The summed E-state index contributed by atoms with van der Waals surface area (Å²) in [5.74, 6) is -0.0683. The first-order valence-corrected chi connectivity index (χ1v) is 14.5. The largest absolute Gasteiger partial charge is 0.392 e. The van der Waals surface area contributed by atoms with Gasteiger partial charge in [0.15, 0.2) is 6.29 Å². The topological polar surface area (TPSA) is 115 Å². The van der Waals surface area contributed by atoms with Crippen LogP contribution in [-0.4, -0.2) is 39.1 Å². The van der Waals surface area contributed by atoms with Crippen LogP contribution in [0.5, 0.6) is 0 Å². The number of aromatic nitrogens is 2. The Morgan fingerprint density at radius 3 is 2.48 bits per heavy atom. The Morgan fingerprint density at radius 2 is 1.71 bits per heavy atom. The zero-order chi connectivity index (χ0) is 29.3. The van der Waals surface area contributed by atoms with Gasteiger partial charge in [0, 0.05) is 37.6 Å². The van der Waals surface area contributed by atoms with Crippen LogP contribution in [0.4, 0.5) is 5.69 Å². The lowest BCUT2D eigenvalue weighted by Gasteiger charge is -2.36. The van der Waals surface area contributed by atoms with Crippen molar-refractivity contribution >= 4 is 28.5 Å². The SMILES string of the molecule is CC(=O)NCCCCCC(=O)Nc1ccc([C@H]2O[C@@H](Cn3cnc4ccccc43)C[C@@H](c3ccc(CO)cc3)O2)cc1. The number of hydrogen-bond acceptors (Lipinski definition) is 6. The number of fused-ring (bicyclic) bond motifs is 1. The molecule has 220 valence electrons. The summed E-state index contributed by atoms with van der Waals surface area (Å²) in [5, 5.41) is 15.2. The second kappa shape index (κ2) is 14.2. The van der Waals surface area contributed by atoms with Gasteiger partial charge in [-0.25, -0.2) is 4.98 Å². The Bertz CT molecular complexity index is 1470. The number of carbonyl (C=O) groups excluding carboxylic acids is 2. The Balaban J connectivity index is 1.24. The molecule has 4 aromatic rings. The van der Waals surface area contributed by atoms with Crippen molar-refractivity contribution in [1.29, 1.82) is 0 Å². The fourth-order valence-corrected chi connectivity index (χ4v) is 5.21. The third-order valence-electron chi connectivity index (χ3n) is 7.46. The lowest BCUT2D eigenvalue weighted by Crippen LogP contribution is -2.32. The number of nitrogens with zero attached hydrogens (tertiary/aromatic N) is 2. The lowest BCUT2D eigenvalue weighted by atomic mass is 10.00. The fraction of sp³-hybridized carbons (Fsp3) is 0.364. The van der Waals surface area contributed by atoms with Gasteiger partial charge in [-0.1, -0.05) is 55.0 Å². The van der Waals surface area contributed by atoms with Crippen molar-refractivity contribution < 1.29 is 24.2 Å². The number of benzene rings is 3. The number of aliphatic hydroxyl groups is 1. The first-order valence-electron chi connectivity index (χ1n) is 14.5. The molecule has 0 aliphatic carbocycles. The van der Waals surface area contributed by atoms with Gasteiger partial charge in [-0.3, -0.25) is 9.59 Å². The van der Waals surface area contributed by atoms with Gasteiger partial charge in [0.1, 0.15) is 0 Å². The minimum absolute atomic E-state index is 0.00460. The predicted molar refractivity (Wildman–Crippen MR) is 160 cm³/mol. The maximum Gasteiger partial charge on any atom is 0.224 e. The molecule has 3 aromatic carbocycles. The van der Waals surface area contributed by atoms with E-state index in [0.29, 0.717) is 25.9 Å². The van der Waals surface area contributed by atoms with E-state index >= 15 is 0 Å². The van der Waals surface area contributed by atoms with Gasteiger partial charge < -0.3 is 29.8 Å². The van der Waals surface area contributed by atoms with Crippen molar-refractivity contribution in [2.75, 3.05) is 11.9 Å². The molecule has 0 unspecified atom stereocenters. The number of anilines is 1. The van der Waals surface area contributed by atoms with Crippen LogP contribution in [0, 0.1) is 0 Å². The van der Waals surface area contributed by atoms with Crippen LogP contribution >= 0.6 is 0 Å². The van der Waals surface area contributed by atoms with E-state index in [1.165, 1.54) is 6.92 Å². The summed E-state index contributed by atoms with van der Waals surface area (Å²) in [6.45, 7) is 2.76. The number of carbonyl (C=O) groups is 2. The number of para-hydroxylation sites is 2. The van der Waals surface area contributed by atoms with Crippen LogP contribution in [-0.2, 0) is 32.2 Å². The molecule has 2 amide bonds. The molecule has 0 bridgehead atoms. The van der Waals surface area contributed by atoms with Gasteiger partial charge >= 0.3 is 0 Å². The van der Waals surface area contributed by atoms with Crippen LogP contribution in [0.2, 0.25) is 0 Å². The highest BCUT2D eigenvalue weighted by Gasteiger charge is 2.32. The summed E-state index contributed by atoms with van der Waals surface area (Å²) in [5.41, 5.74) is 5.47. The fourth-order valence-electron chi connectivity index (χ4n) is 5.21. The highest BCUT2D eigenvalue weighted by molar-refractivity contribution is 5.90. The maximum atomic E-state index is 12.4. The van der Waals surface area contributed by atoms with Crippen LogP contribution < -0.4 is 10.6 Å². The van der Waals surface area contributed by atoms with Crippen molar-refractivity contribution in [3.63, 3.8) is 0 Å². The van der Waals surface area contributed by atoms with Crippen molar-refractivity contribution in [3.05, 3.63) is 95.8 Å². The van der Waals surface area contributed by atoms with Crippen LogP contribution in [0.15, 0.2) is 79.1 Å². The Hall–Kier alpha value is -4.05. The number of nitrogens with one attached hydrogen (secondary N) is 2. The van der Waals surface area contributed by atoms with Crippen molar-refractivity contribution in [1.82, 2.24) is 14.9 Å².